The summed E-state index contributed by atoms with van der Waals surface area (Å²) in [7, 11) is 0. The number of halogens is 1. The number of anilines is 1. The molecule has 1 fully saturated rings. The van der Waals surface area contributed by atoms with E-state index in [0.717, 1.165) is 31.5 Å². The Morgan fingerprint density at radius 2 is 1.93 bits per heavy atom. The normalized spacial score (nSPS) is 15.1. The summed E-state index contributed by atoms with van der Waals surface area (Å²) in [5.41, 5.74) is 7.30. The largest absolute Gasteiger partial charge is 0.504 e. The first-order valence-electron chi connectivity index (χ1n) is 9.74. The van der Waals surface area contributed by atoms with Gasteiger partial charge in [-0.3, -0.25) is 9.69 Å². The Morgan fingerprint density at radius 1 is 1.20 bits per heavy atom. The molecule has 6 N–H and O–H groups in total. The molecule has 0 aliphatic carbocycles. The molecule has 0 atom stereocenters. The van der Waals surface area contributed by atoms with E-state index in [-0.39, 0.29) is 53.0 Å². The summed E-state index contributed by atoms with van der Waals surface area (Å²) < 4.78 is 5.44. The molecule has 30 heavy (non-hydrogen) atoms. The molecular weight excluding hydrogens is 410 g/mol. The molecule has 0 radical (unpaired) electrons. The molecule has 0 aromatic heterocycles. The van der Waals surface area contributed by atoms with Gasteiger partial charge in [0, 0.05) is 31.7 Å². The first kappa shape index (κ1) is 22.0. The van der Waals surface area contributed by atoms with E-state index in [4.69, 9.17) is 27.2 Å². The number of piperidine rings is 1. The molecule has 8 nitrogen and oxygen atoms in total. The van der Waals surface area contributed by atoms with Gasteiger partial charge in [0.05, 0.1) is 22.9 Å². The van der Waals surface area contributed by atoms with Crippen molar-refractivity contribution >= 4 is 23.2 Å². The van der Waals surface area contributed by atoms with Crippen molar-refractivity contribution in [2.75, 3.05) is 32.0 Å². The molecule has 0 unspecified atom stereocenters. The lowest BCUT2D eigenvalue weighted by molar-refractivity contribution is 0.0903. The van der Waals surface area contributed by atoms with Crippen LogP contribution in [0.25, 0.3) is 0 Å². The number of carbonyl (C=O) groups is 1. The van der Waals surface area contributed by atoms with Gasteiger partial charge in [-0.25, -0.2) is 0 Å². The van der Waals surface area contributed by atoms with Crippen LogP contribution in [0, 0.1) is 0 Å². The highest BCUT2D eigenvalue weighted by molar-refractivity contribution is 6.33. The van der Waals surface area contributed by atoms with Crippen LogP contribution in [0.15, 0.2) is 30.3 Å². The highest BCUT2D eigenvalue weighted by atomic mass is 35.5. The summed E-state index contributed by atoms with van der Waals surface area (Å²) in [5, 5.41) is 31.3. The predicted octanol–water partition coefficient (Wildman–Crippen LogP) is 2.10. The molecule has 2 aromatic rings. The summed E-state index contributed by atoms with van der Waals surface area (Å²) in [6.07, 6.45) is 1.54. The fraction of sp³-hybridized carbons (Fsp3) is 0.381. The number of likely N-dealkylation sites (tertiary alicyclic amines) is 1. The number of ether oxygens (including phenoxy) is 1. The van der Waals surface area contributed by atoms with Gasteiger partial charge in [0.25, 0.3) is 5.91 Å². The molecular formula is C21H26ClN3O5. The molecule has 0 spiro atoms. The van der Waals surface area contributed by atoms with Gasteiger partial charge in [-0.2, -0.15) is 0 Å². The molecule has 162 valence electrons. The number of hydrogen-bond acceptors (Lipinski definition) is 7. The van der Waals surface area contributed by atoms with Gasteiger partial charge < -0.3 is 31.1 Å². The maximum Gasteiger partial charge on any atom is 0.255 e. The second kappa shape index (κ2) is 9.88. The van der Waals surface area contributed by atoms with Gasteiger partial charge in [0.2, 0.25) is 0 Å². The van der Waals surface area contributed by atoms with Gasteiger partial charge in [0.1, 0.15) is 12.4 Å². The smallest absolute Gasteiger partial charge is 0.255 e. The SMILES string of the molecule is Nc1cc(OCCO)c(C(=O)NC2CCN(Cc3ccc(O)c(O)c3)CC2)cc1Cl. The van der Waals surface area contributed by atoms with Crippen molar-refractivity contribution in [3.05, 3.63) is 46.5 Å². The van der Waals surface area contributed by atoms with Crippen molar-refractivity contribution in [2.24, 2.45) is 0 Å². The predicted molar refractivity (Wildman–Crippen MR) is 114 cm³/mol. The molecule has 3 rings (SSSR count). The number of nitrogens with zero attached hydrogens (tertiary/aromatic N) is 1. The standard InChI is InChI=1S/C21H26ClN3O5/c22-16-10-15(20(11-17(16)23)30-8-7-26)21(29)24-14-3-5-25(6-4-14)12-13-1-2-18(27)19(28)9-13/h1-2,9-11,14,26-28H,3-8,12,23H2,(H,24,29). The van der Waals surface area contributed by atoms with E-state index in [2.05, 4.69) is 10.2 Å². The van der Waals surface area contributed by atoms with Crippen LogP contribution >= 0.6 is 11.6 Å². The highest BCUT2D eigenvalue weighted by Crippen LogP contribution is 2.30. The Labute approximate surface area is 179 Å². The Bertz CT molecular complexity index is 900. The van der Waals surface area contributed by atoms with Crippen LogP contribution in [0.4, 0.5) is 5.69 Å². The quantitative estimate of drug-likeness (QED) is 0.332. The number of aliphatic hydroxyl groups excluding tert-OH is 1. The number of amides is 1. The third-order valence-corrected chi connectivity index (χ3v) is 5.39. The molecule has 2 aromatic carbocycles. The lowest BCUT2D eigenvalue weighted by Gasteiger charge is -2.32. The number of aromatic hydroxyl groups is 2. The Balaban J connectivity index is 1.57. The molecule has 1 amide bonds. The van der Waals surface area contributed by atoms with Crippen LogP contribution in [0.2, 0.25) is 5.02 Å². The van der Waals surface area contributed by atoms with Gasteiger partial charge in [-0.15, -0.1) is 0 Å². The number of phenolic OH excluding ortho intramolecular Hbond substituents is 2. The van der Waals surface area contributed by atoms with E-state index in [1.54, 1.807) is 12.1 Å². The fourth-order valence-corrected chi connectivity index (χ4v) is 3.61. The molecule has 0 bridgehead atoms. The third kappa shape index (κ3) is 5.47. The van der Waals surface area contributed by atoms with E-state index in [1.807, 2.05) is 0 Å². The Hall–Kier alpha value is -2.68. The number of benzene rings is 2. The minimum Gasteiger partial charge on any atom is -0.504 e. The van der Waals surface area contributed by atoms with E-state index in [0.29, 0.717) is 12.2 Å². The van der Waals surface area contributed by atoms with Crippen LogP contribution in [-0.2, 0) is 6.54 Å². The van der Waals surface area contributed by atoms with Gasteiger partial charge in [-0.05, 0) is 36.6 Å². The minimum atomic E-state index is -0.299. The van der Waals surface area contributed by atoms with Crippen molar-refractivity contribution in [3.63, 3.8) is 0 Å². The molecule has 1 aliphatic heterocycles. The van der Waals surface area contributed by atoms with Crippen LogP contribution in [0.3, 0.4) is 0 Å². The summed E-state index contributed by atoms with van der Waals surface area (Å²) in [6.45, 7) is 2.08. The number of aliphatic hydroxyl groups is 1. The third-order valence-electron chi connectivity index (χ3n) is 5.06. The van der Waals surface area contributed by atoms with E-state index < -0.39 is 0 Å². The summed E-state index contributed by atoms with van der Waals surface area (Å²) >= 11 is 6.07. The number of rotatable bonds is 7. The van der Waals surface area contributed by atoms with Gasteiger partial charge in [-0.1, -0.05) is 17.7 Å². The van der Waals surface area contributed by atoms with E-state index >= 15 is 0 Å². The number of nitrogens with one attached hydrogen (secondary N) is 1. The lowest BCUT2D eigenvalue weighted by Crippen LogP contribution is -2.44. The Morgan fingerprint density at radius 3 is 2.60 bits per heavy atom. The highest BCUT2D eigenvalue weighted by Gasteiger charge is 2.23. The van der Waals surface area contributed by atoms with Gasteiger partial charge >= 0.3 is 0 Å². The minimum absolute atomic E-state index is 0.00370. The molecule has 1 heterocycles. The number of nitrogens with two attached hydrogens (primary N) is 1. The van der Waals surface area contributed by atoms with Crippen LogP contribution < -0.4 is 15.8 Å². The Kier molecular flexibility index (Phi) is 7.25. The van der Waals surface area contributed by atoms with Crippen molar-refractivity contribution in [3.8, 4) is 17.2 Å². The van der Waals surface area contributed by atoms with Crippen molar-refractivity contribution in [1.82, 2.24) is 10.2 Å². The number of nitrogen functional groups attached to an aromatic ring is 1. The van der Waals surface area contributed by atoms with Crippen LogP contribution in [0.5, 0.6) is 17.2 Å². The number of hydrogen-bond donors (Lipinski definition) is 5. The van der Waals surface area contributed by atoms with E-state index in [1.165, 1.54) is 18.2 Å². The first-order chi connectivity index (χ1) is 14.4. The number of carbonyl (C=O) groups excluding carboxylic acids is 1. The fourth-order valence-electron chi connectivity index (χ4n) is 3.45. The summed E-state index contributed by atoms with van der Waals surface area (Å²) in [6, 6.07) is 7.78. The second-order valence-corrected chi connectivity index (χ2v) is 7.70. The average molecular weight is 436 g/mol. The zero-order valence-electron chi connectivity index (χ0n) is 16.5. The zero-order valence-corrected chi connectivity index (χ0v) is 17.2. The zero-order chi connectivity index (χ0) is 21.7. The molecule has 1 aliphatic rings. The number of phenols is 2. The monoisotopic (exact) mass is 435 g/mol. The maximum absolute atomic E-state index is 12.8. The maximum atomic E-state index is 12.8. The average Bonchev–Trinajstić information content (AvgIpc) is 2.72. The summed E-state index contributed by atoms with van der Waals surface area (Å²) in [5.74, 6) is -0.277. The van der Waals surface area contributed by atoms with Crippen molar-refractivity contribution in [2.45, 2.75) is 25.4 Å². The second-order valence-electron chi connectivity index (χ2n) is 7.29. The van der Waals surface area contributed by atoms with E-state index in [9.17, 15) is 15.0 Å². The van der Waals surface area contributed by atoms with Crippen molar-refractivity contribution in [1.29, 1.82) is 0 Å². The van der Waals surface area contributed by atoms with Crippen LogP contribution in [0.1, 0.15) is 28.8 Å². The van der Waals surface area contributed by atoms with Crippen LogP contribution in [-0.4, -0.2) is 58.5 Å². The molecule has 1 saturated heterocycles. The summed E-state index contributed by atoms with van der Waals surface area (Å²) in [4.78, 5) is 15.0. The molecule has 0 saturated carbocycles. The topological polar surface area (TPSA) is 128 Å². The lowest BCUT2D eigenvalue weighted by atomic mass is 10.0. The first-order valence-corrected chi connectivity index (χ1v) is 10.1. The molecule has 9 heteroatoms. The van der Waals surface area contributed by atoms with Gasteiger partial charge in [0.15, 0.2) is 11.5 Å². The van der Waals surface area contributed by atoms with Crippen molar-refractivity contribution < 1.29 is 24.9 Å².